The molecule has 1 aromatic rings. The Hall–Kier alpha value is -0.880. The Bertz CT molecular complexity index is 369. The van der Waals surface area contributed by atoms with E-state index in [1.54, 1.807) is 30.9 Å². The lowest BCUT2D eigenvalue weighted by molar-refractivity contribution is 0.336. The summed E-state index contributed by atoms with van der Waals surface area (Å²) in [6.07, 6.45) is 3.24. The lowest BCUT2D eigenvalue weighted by Crippen LogP contribution is -2.11. The predicted molar refractivity (Wildman–Crippen MR) is 47.5 cm³/mol. The molecule has 0 saturated heterocycles. The van der Waals surface area contributed by atoms with Crippen molar-refractivity contribution < 1.29 is 12.6 Å². The van der Waals surface area contributed by atoms with Gasteiger partial charge >= 0.3 is 0 Å². The predicted octanol–water partition coefficient (Wildman–Crippen LogP) is 0.286. The molecule has 0 radical (unpaired) electrons. The summed E-state index contributed by atoms with van der Waals surface area (Å²) in [5.74, 6) is 0.304. The molecule has 0 fully saturated rings. The lowest BCUT2D eigenvalue weighted by atomic mass is 10.7. The molecule has 0 bridgehead atoms. The molecule has 13 heavy (non-hydrogen) atoms. The third kappa shape index (κ3) is 2.82. The number of aryl methyl sites for hydroxylation is 1. The fourth-order valence-corrected chi connectivity index (χ4v) is 1.95. The van der Waals surface area contributed by atoms with Gasteiger partial charge in [-0.25, -0.2) is 4.98 Å². The van der Waals surface area contributed by atoms with Crippen molar-refractivity contribution >= 4 is 10.1 Å². The van der Waals surface area contributed by atoms with Crippen molar-refractivity contribution in [2.45, 2.75) is 12.7 Å². The highest BCUT2D eigenvalue weighted by molar-refractivity contribution is 7.85. The Kier molecular flexibility index (Phi) is 3.05. The van der Waals surface area contributed by atoms with Gasteiger partial charge in [0, 0.05) is 19.4 Å². The minimum Gasteiger partial charge on any atom is -0.337 e. The number of hydrogen-bond acceptors (Lipinski definition) is 4. The van der Waals surface area contributed by atoms with Crippen LogP contribution in [0.25, 0.3) is 0 Å². The molecule has 0 unspecified atom stereocenters. The molecule has 0 spiro atoms. The Labute approximate surface area is 77.5 Å². The van der Waals surface area contributed by atoms with Crippen molar-refractivity contribution in [2.24, 2.45) is 7.05 Å². The SMILES string of the molecule is CCOS(=O)(=O)Cc1nccn1C. The molecule has 1 heterocycles. The number of imidazole rings is 1. The second kappa shape index (κ2) is 3.89. The molecule has 1 aromatic heterocycles. The molecule has 0 aromatic carbocycles. The zero-order valence-corrected chi connectivity index (χ0v) is 8.41. The highest BCUT2D eigenvalue weighted by Crippen LogP contribution is 2.04. The van der Waals surface area contributed by atoms with Crippen LogP contribution in [0.4, 0.5) is 0 Å². The second-order valence-corrected chi connectivity index (χ2v) is 4.20. The van der Waals surface area contributed by atoms with Crippen LogP contribution in [0.15, 0.2) is 12.4 Å². The average molecular weight is 204 g/mol. The van der Waals surface area contributed by atoms with Crippen molar-refractivity contribution in [1.82, 2.24) is 9.55 Å². The molecule has 1 rings (SSSR count). The first kappa shape index (κ1) is 10.2. The van der Waals surface area contributed by atoms with Crippen LogP contribution in [0.3, 0.4) is 0 Å². The molecule has 6 heteroatoms. The number of rotatable bonds is 4. The van der Waals surface area contributed by atoms with E-state index in [0.29, 0.717) is 5.82 Å². The van der Waals surface area contributed by atoms with Gasteiger partial charge in [0.15, 0.2) is 0 Å². The third-order valence-electron chi connectivity index (χ3n) is 1.52. The molecule has 0 saturated carbocycles. The zero-order valence-electron chi connectivity index (χ0n) is 7.60. The van der Waals surface area contributed by atoms with Gasteiger partial charge in [-0.1, -0.05) is 0 Å². The van der Waals surface area contributed by atoms with Crippen molar-refractivity contribution in [3.8, 4) is 0 Å². The van der Waals surface area contributed by atoms with Gasteiger partial charge in [0.1, 0.15) is 11.6 Å². The highest BCUT2D eigenvalue weighted by Gasteiger charge is 2.14. The smallest absolute Gasteiger partial charge is 0.274 e. The van der Waals surface area contributed by atoms with Crippen LogP contribution in [0, 0.1) is 0 Å². The Morgan fingerprint density at radius 3 is 2.77 bits per heavy atom. The van der Waals surface area contributed by atoms with Crippen LogP contribution < -0.4 is 0 Å². The van der Waals surface area contributed by atoms with Crippen LogP contribution in [-0.2, 0) is 27.1 Å². The molecular weight excluding hydrogens is 192 g/mol. The fraction of sp³-hybridized carbons (Fsp3) is 0.571. The summed E-state index contributed by atoms with van der Waals surface area (Å²) in [5.41, 5.74) is 0. The van der Waals surface area contributed by atoms with Crippen molar-refractivity contribution in [2.75, 3.05) is 6.61 Å². The molecule has 0 atom stereocenters. The quantitative estimate of drug-likeness (QED) is 0.661. The van der Waals surface area contributed by atoms with Gasteiger partial charge in [-0.3, -0.25) is 4.18 Å². The van der Waals surface area contributed by atoms with Crippen molar-refractivity contribution in [3.63, 3.8) is 0 Å². The van der Waals surface area contributed by atoms with Crippen LogP contribution in [-0.4, -0.2) is 24.6 Å². The van der Waals surface area contributed by atoms with E-state index in [-0.39, 0.29) is 12.4 Å². The Morgan fingerprint density at radius 2 is 2.31 bits per heavy atom. The van der Waals surface area contributed by atoms with Crippen LogP contribution in [0.2, 0.25) is 0 Å². The van der Waals surface area contributed by atoms with E-state index < -0.39 is 10.1 Å². The number of aromatic nitrogens is 2. The molecule has 0 aliphatic carbocycles. The molecule has 0 aliphatic heterocycles. The van der Waals surface area contributed by atoms with Crippen molar-refractivity contribution in [3.05, 3.63) is 18.2 Å². The van der Waals surface area contributed by atoms with Gasteiger partial charge < -0.3 is 4.57 Å². The number of nitrogens with zero attached hydrogens (tertiary/aromatic N) is 2. The largest absolute Gasteiger partial charge is 0.337 e. The second-order valence-electron chi connectivity index (χ2n) is 2.56. The van der Waals surface area contributed by atoms with Gasteiger partial charge in [0.2, 0.25) is 0 Å². The summed E-state index contributed by atoms with van der Waals surface area (Å²) in [6, 6.07) is 0. The monoisotopic (exact) mass is 204 g/mol. The first-order chi connectivity index (χ1) is 6.05. The van der Waals surface area contributed by atoms with E-state index >= 15 is 0 Å². The third-order valence-corrected chi connectivity index (χ3v) is 2.73. The summed E-state index contributed by atoms with van der Waals surface area (Å²) in [5, 5.41) is 0. The molecule has 0 N–H and O–H groups in total. The zero-order chi connectivity index (χ0) is 9.90. The Morgan fingerprint density at radius 1 is 1.62 bits per heavy atom. The normalized spacial score (nSPS) is 11.8. The first-order valence-corrected chi connectivity index (χ1v) is 5.46. The van der Waals surface area contributed by atoms with E-state index in [4.69, 9.17) is 0 Å². The number of hydrogen-bond donors (Lipinski definition) is 0. The maximum Gasteiger partial charge on any atom is 0.274 e. The summed E-state index contributed by atoms with van der Waals surface area (Å²) < 4.78 is 28.6. The minimum absolute atomic E-state index is 0.159. The molecule has 74 valence electrons. The van der Waals surface area contributed by atoms with E-state index in [9.17, 15) is 8.42 Å². The van der Waals surface area contributed by atoms with Gasteiger partial charge in [0.05, 0.1) is 6.61 Å². The van der Waals surface area contributed by atoms with Crippen LogP contribution in [0.5, 0.6) is 0 Å². The van der Waals surface area contributed by atoms with E-state index in [2.05, 4.69) is 9.17 Å². The van der Waals surface area contributed by atoms with E-state index in [1.807, 2.05) is 0 Å². The maximum absolute atomic E-state index is 11.2. The standard InChI is InChI=1S/C7H12N2O3S/c1-3-12-13(10,11)6-7-8-4-5-9(7)2/h4-5H,3,6H2,1-2H3. The summed E-state index contributed by atoms with van der Waals surface area (Å²) in [6.45, 7) is 1.79. The minimum atomic E-state index is -3.46. The van der Waals surface area contributed by atoms with Gasteiger partial charge in [-0.05, 0) is 6.92 Å². The molecule has 0 aliphatic rings. The molecule has 5 nitrogen and oxygen atoms in total. The summed E-state index contributed by atoms with van der Waals surface area (Å²) in [7, 11) is -1.72. The fourth-order valence-electron chi connectivity index (χ4n) is 0.915. The Balaban J connectivity index is 2.75. The first-order valence-electron chi connectivity index (χ1n) is 3.88. The van der Waals surface area contributed by atoms with Gasteiger partial charge in [-0.15, -0.1) is 0 Å². The molecule has 0 amide bonds. The van der Waals surface area contributed by atoms with E-state index in [0.717, 1.165) is 0 Å². The average Bonchev–Trinajstić information content (AvgIpc) is 2.35. The molecular formula is C7H12N2O3S. The summed E-state index contributed by atoms with van der Waals surface area (Å²) >= 11 is 0. The van der Waals surface area contributed by atoms with Gasteiger partial charge in [0.25, 0.3) is 10.1 Å². The maximum atomic E-state index is 11.2. The topological polar surface area (TPSA) is 61.2 Å². The van der Waals surface area contributed by atoms with Crippen LogP contribution >= 0.6 is 0 Å². The summed E-state index contributed by atoms with van der Waals surface area (Å²) in [4.78, 5) is 3.89. The van der Waals surface area contributed by atoms with E-state index in [1.165, 1.54) is 0 Å². The van der Waals surface area contributed by atoms with Crippen molar-refractivity contribution in [1.29, 1.82) is 0 Å². The van der Waals surface area contributed by atoms with Gasteiger partial charge in [-0.2, -0.15) is 8.42 Å². The van der Waals surface area contributed by atoms with Crippen LogP contribution in [0.1, 0.15) is 12.7 Å². The highest BCUT2D eigenvalue weighted by atomic mass is 32.2. The lowest BCUT2D eigenvalue weighted by Gasteiger charge is -2.02.